The van der Waals surface area contributed by atoms with E-state index in [1.54, 1.807) is 12.3 Å². The second-order valence-corrected chi connectivity index (χ2v) is 3.04. The van der Waals surface area contributed by atoms with Crippen LogP contribution >= 0.6 is 0 Å². The Morgan fingerprint density at radius 3 is 2.62 bits per heavy atom. The quantitative estimate of drug-likeness (QED) is 0.714. The molecule has 0 bridgehead atoms. The van der Waals surface area contributed by atoms with Crippen molar-refractivity contribution in [1.29, 1.82) is 0 Å². The maximum absolute atomic E-state index is 10.9. The van der Waals surface area contributed by atoms with Crippen LogP contribution in [0.2, 0.25) is 0 Å². The minimum absolute atomic E-state index is 0.0520. The molecule has 1 rings (SSSR count). The third kappa shape index (κ3) is 2.36. The Kier molecular flexibility index (Phi) is 3.14. The summed E-state index contributed by atoms with van der Waals surface area (Å²) in [4.78, 5) is 15.1. The van der Waals surface area contributed by atoms with Crippen LogP contribution < -0.4 is 5.32 Å². The maximum atomic E-state index is 10.9. The van der Waals surface area contributed by atoms with Crippen molar-refractivity contribution in [3.8, 4) is 0 Å². The average molecular weight is 178 g/mol. The Labute approximate surface area is 78.2 Å². The van der Waals surface area contributed by atoms with Crippen molar-refractivity contribution in [1.82, 2.24) is 10.3 Å². The van der Waals surface area contributed by atoms with Crippen molar-refractivity contribution in [2.45, 2.75) is 19.9 Å². The molecule has 3 heteroatoms. The lowest BCUT2D eigenvalue weighted by Gasteiger charge is -2.08. The molecule has 0 amide bonds. The van der Waals surface area contributed by atoms with E-state index in [4.69, 9.17) is 0 Å². The van der Waals surface area contributed by atoms with Gasteiger partial charge in [-0.2, -0.15) is 0 Å². The molecular formula is C10H14N2O. The molecule has 0 aromatic carbocycles. The van der Waals surface area contributed by atoms with Crippen LogP contribution in [0.15, 0.2) is 18.3 Å². The minimum Gasteiger partial charge on any atom is -0.312 e. The molecule has 3 nitrogen and oxygen atoms in total. The van der Waals surface area contributed by atoms with Gasteiger partial charge < -0.3 is 5.32 Å². The summed E-state index contributed by atoms with van der Waals surface area (Å²) in [5, 5.41) is 3.08. The van der Waals surface area contributed by atoms with Crippen LogP contribution in [0, 0.1) is 0 Å². The summed E-state index contributed by atoms with van der Waals surface area (Å²) in [6, 6.07) is 3.90. The molecule has 0 aliphatic heterocycles. The smallest absolute Gasteiger partial charge is 0.161 e. The number of pyridine rings is 1. The van der Waals surface area contributed by atoms with Crippen LogP contribution in [0.1, 0.15) is 35.9 Å². The molecule has 70 valence electrons. The molecule has 13 heavy (non-hydrogen) atoms. The first-order valence-corrected chi connectivity index (χ1v) is 4.29. The fourth-order valence-electron chi connectivity index (χ4n) is 1.02. The van der Waals surface area contributed by atoms with Gasteiger partial charge in [0.1, 0.15) is 0 Å². The summed E-state index contributed by atoms with van der Waals surface area (Å²) in [7, 11) is 1.88. The van der Waals surface area contributed by atoms with Crippen LogP contribution in [0.3, 0.4) is 0 Å². The second kappa shape index (κ2) is 4.14. The van der Waals surface area contributed by atoms with Crippen LogP contribution in [0.5, 0.6) is 0 Å². The first kappa shape index (κ1) is 9.86. The predicted molar refractivity (Wildman–Crippen MR) is 51.7 cm³/mol. The summed E-state index contributed by atoms with van der Waals surface area (Å²) < 4.78 is 0. The van der Waals surface area contributed by atoms with Gasteiger partial charge in [0, 0.05) is 17.8 Å². The summed E-state index contributed by atoms with van der Waals surface area (Å²) in [5.74, 6) is 0.0520. The van der Waals surface area contributed by atoms with Gasteiger partial charge in [-0.3, -0.25) is 9.78 Å². The van der Waals surface area contributed by atoms with Gasteiger partial charge in [-0.1, -0.05) is 0 Å². The Balaban J connectivity index is 2.87. The highest BCUT2D eigenvalue weighted by Gasteiger charge is 2.04. The van der Waals surface area contributed by atoms with E-state index in [1.165, 1.54) is 6.92 Å². The van der Waals surface area contributed by atoms with E-state index in [0.29, 0.717) is 5.56 Å². The number of aromatic nitrogens is 1. The lowest BCUT2D eigenvalue weighted by Crippen LogP contribution is -2.13. The number of nitrogens with one attached hydrogen (secondary N) is 1. The normalized spacial score (nSPS) is 12.5. The number of hydrogen-bond donors (Lipinski definition) is 1. The number of Topliss-reactive ketones (excluding diaryl/α,β-unsaturated/α-hetero) is 1. The van der Waals surface area contributed by atoms with E-state index in [-0.39, 0.29) is 11.8 Å². The molecule has 0 fully saturated rings. The number of hydrogen-bond acceptors (Lipinski definition) is 3. The molecule has 1 heterocycles. The lowest BCUT2D eigenvalue weighted by atomic mass is 10.1. The van der Waals surface area contributed by atoms with Crippen molar-refractivity contribution in [3.63, 3.8) is 0 Å². The predicted octanol–water partition coefficient (Wildman–Crippen LogP) is 1.56. The van der Waals surface area contributed by atoms with Gasteiger partial charge in [0.25, 0.3) is 0 Å². The van der Waals surface area contributed by atoms with Crippen LogP contribution in [-0.4, -0.2) is 17.8 Å². The van der Waals surface area contributed by atoms with E-state index in [9.17, 15) is 4.79 Å². The van der Waals surface area contributed by atoms with E-state index in [2.05, 4.69) is 10.3 Å². The van der Waals surface area contributed by atoms with Gasteiger partial charge in [-0.15, -0.1) is 0 Å². The molecule has 1 N–H and O–H groups in total. The zero-order valence-electron chi connectivity index (χ0n) is 8.16. The zero-order valence-corrected chi connectivity index (χ0v) is 8.16. The standard InChI is InChI=1S/C10H14N2O/c1-7(11-3)10-5-4-9(6-12-10)8(2)13/h4-7,11H,1-3H3/t7-/m0/s1. The number of nitrogens with zero attached hydrogens (tertiary/aromatic N) is 1. The largest absolute Gasteiger partial charge is 0.312 e. The van der Waals surface area contributed by atoms with Gasteiger partial charge in [0.2, 0.25) is 0 Å². The van der Waals surface area contributed by atoms with Crippen LogP contribution in [0.4, 0.5) is 0 Å². The van der Waals surface area contributed by atoms with Gasteiger partial charge in [0.05, 0.1) is 5.69 Å². The molecule has 1 atom stereocenters. The van der Waals surface area contributed by atoms with Crippen LogP contribution in [-0.2, 0) is 0 Å². The maximum Gasteiger partial charge on any atom is 0.161 e. The van der Waals surface area contributed by atoms with E-state index < -0.39 is 0 Å². The third-order valence-electron chi connectivity index (χ3n) is 2.07. The van der Waals surface area contributed by atoms with Gasteiger partial charge in [0.15, 0.2) is 5.78 Å². The Morgan fingerprint density at radius 2 is 2.23 bits per heavy atom. The molecule has 0 radical (unpaired) electrons. The number of ketones is 1. The SMILES string of the molecule is CN[C@@H](C)c1ccc(C(C)=O)cn1. The topological polar surface area (TPSA) is 42.0 Å². The monoisotopic (exact) mass is 178 g/mol. The molecule has 0 aliphatic rings. The van der Waals surface area contributed by atoms with Gasteiger partial charge >= 0.3 is 0 Å². The summed E-state index contributed by atoms with van der Waals surface area (Å²) in [5.41, 5.74) is 1.61. The average Bonchev–Trinajstić information content (AvgIpc) is 2.17. The van der Waals surface area contributed by atoms with Crippen molar-refractivity contribution in [3.05, 3.63) is 29.6 Å². The highest BCUT2D eigenvalue weighted by molar-refractivity contribution is 5.93. The lowest BCUT2D eigenvalue weighted by molar-refractivity contribution is 0.101. The van der Waals surface area contributed by atoms with Crippen molar-refractivity contribution < 1.29 is 4.79 Å². The highest BCUT2D eigenvalue weighted by Crippen LogP contribution is 2.09. The third-order valence-corrected chi connectivity index (χ3v) is 2.07. The summed E-state index contributed by atoms with van der Waals surface area (Å²) in [6.07, 6.45) is 1.62. The zero-order chi connectivity index (χ0) is 9.84. The molecule has 0 saturated carbocycles. The van der Waals surface area contributed by atoms with E-state index in [1.807, 2.05) is 20.0 Å². The molecule has 0 aliphatic carbocycles. The molecule has 0 saturated heterocycles. The summed E-state index contributed by atoms with van der Waals surface area (Å²) in [6.45, 7) is 3.56. The first-order valence-electron chi connectivity index (χ1n) is 4.29. The Morgan fingerprint density at radius 1 is 1.54 bits per heavy atom. The number of rotatable bonds is 3. The fraction of sp³-hybridized carbons (Fsp3) is 0.400. The van der Waals surface area contributed by atoms with Crippen molar-refractivity contribution >= 4 is 5.78 Å². The number of carbonyl (C=O) groups is 1. The van der Waals surface area contributed by atoms with Crippen molar-refractivity contribution in [2.75, 3.05) is 7.05 Å². The molecule has 1 aromatic heterocycles. The van der Waals surface area contributed by atoms with Crippen molar-refractivity contribution in [2.24, 2.45) is 0 Å². The fourth-order valence-corrected chi connectivity index (χ4v) is 1.02. The molecular weight excluding hydrogens is 164 g/mol. The minimum atomic E-state index is 0.0520. The number of carbonyl (C=O) groups excluding carboxylic acids is 1. The van der Waals surface area contributed by atoms with E-state index in [0.717, 1.165) is 5.69 Å². The molecule has 0 unspecified atom stereocenters. The van der Waals surface area contributed by atoms with Gasteiger partial charge in [-0.05, 0) is 33.0 Å². The molecule has 0 spiro atoms. The second-order valence-electron chi connectivity index (χ2n) is 3.04. The van der Waals surface area contributed by atoms with Gasteiger partial charge in [-0.25, -0.2) is 0 Å². The van der Waals surface area contributed by atoms with E-state index >= 15 is 0 Å². The first-order chi connectivity index (χ1) is 6.15. The highest BCUT2D eigenvalue weighted by atomic mass is 16.1. The summed E-state index contributed by atoms with van der Waals surface area (Å²) >= 11 is 0. The Hall–Kier alpha value is -1.22. The Bertz CT molecular complexity index is 292. The molecule has 1 aromatic rings. The van der Waals surface area contributed by atoms with Crippen LogP contribution in [0.25, 0.3) is 0 Å².